The lowest BCUT2D eigenvalue weighted by Crippen LogP contribution is -2.18. The predicted molar refractivity (Wildman–Crippen MR) is 70.7 cm³/mol. The lowest BCUT2D eigenvalue weighted by Gasteiger charge is -2.04. The molecule has 1 rings (SSSR count). The van der Waals surface area contributed by atoms with Crippen molar-refractivity contribution < 1.29 is 0 Å². The quantitative estimate of drug-likeness (QED) is 0.564. The van der Waals surface area contributed by atoms with Gasteiger partial charge in [0.2, 0.25) is 0 Å². The average molecular weight is 270 g/mol. The summed E-state index contributed by atoms with van der Waals surface area (Å²) in [5, 5.41) is 4.61. The van der Waals surface area contributed by atoms with E-state index in [1.807, 2.05) is 0 Å². The molecule has 15 heavy (non-hydrogen) atoms. The summed E-state index contributed by atoms with van der Waals surface area (Å²) in [5.74, 6) is 0. The van der Waals surface area contributed by atoms with Crippen molar-refractivity contribution in [3.63, 3.8) is 0 Å². The first kappa shape index (κ1) is 12.7. The number of alkyl halides is 1. The predicted octanol–water partition coefficient (Wildman–Crippen LogP) is 3.38. The lowest BCUT2D eigenvalue weighted by atomic mass is 10.1. The van der Waals surface area contributed by atoms with Crippen molar-refractivity contribution in [3.05, 3.63) is 35.9 Å². The van der Waals surface area contributed by atoms with Crippen LogP contribution in [0.4, 0.5) is 0 Å². The van der Waals surface area contributed by atoms with Crippen LogP contribution in [0.5, 0.6) is 0 Å². The highest BCUT2D eigenvalue weighted by molar-refractivity contribution is 9.09. The van der Waals surface area contributed by atoms with E-state index in [0.717, 1.165) is 24.8 Å². The van der Waals surface area contributed by atoms with E-state index < -0.39 is 0 Å². The molecule has 0 fully saturated rings. The molecule has 0 atom stereocenters. The molecule has 0 aliphatic heterocycles. The van der Waals surface area contributed by atoms with E-state index in [0.29, 0.717) is 0 Å². The molecule has 2 heteroatoms. The van der Waals surface area contributed by atoms with Gasteiger partial charge >= 0.3 is 0 Å². The minimum absolute atomic E-state index is 1.10. The maximum Gasteiger partial charge on any atom is 0.00313 e. The summed E-state index contributed by atoms with van der Waals surface area (Å²) in [4.78, 5) is 0. The van der Waals surface area contributed by atoms with E-state index in [4.69, 9.17) is 0 Å². The Balaban J connectivity index is 1.93. The maximum absolute atomic E-state index is 3.48. The number of nitrogens with one attached hydrogen (secondary N) is 1. The van der Waals surface area contributed by atoms with Gasteiger partial charge in [-0.1, -0.05) is 52.7 Å². The monoisotopic (exact) mass is 269 g/mol. The summed E-state index contributed by atoms with van der Waals surface area (Å²) >= 11 is 3.44. The third-order valence-electron chi connectivity index (χ3n) is 2.42. The molecule has 84 valence electrons. The molecule has 1 aromatic rings. The van der Waals surface area contributed by atoms with Gasteiger partial charge in [-0.25, -0.2) is 0 Å². The number of halogens is 1. The molecule has 0 radical (unpaired) electrons. The van der Waals surface area contributed by atoms with Crippen LogP contribution >= 0.6 is 15.9 Å². The Hall–Kier alpha value is -0.340. The Kier molecular flexibility index (Phi) is 7.58. The molecule has 0 saturated carbocycles. The molecule has 1 nitrogen and oxygen atoms in total. The van der Waals surface area contributed by atoms with Gasteiger partial charge in [0.05, 0.1) is 0 Å². The van der Waals surface area contributed by atoms with Crippen LogP contribution in [0.25, 0.3) is 0 Å². The van der Waals surface area contributed by atoms with Crippen LogP contribution in [0.15, 0.2) is 30.3 Å². The summed E-state index contributed by atoms with van der Waals surface area (Å²) in [6.45, 7) is 2.25. The molecule has 0 saturated heterocycles. The summed E-state index contributed by atoms with van der Waals surface area (Å²) in [6.07, 6.45) is 5.05. The van der Waals surface area contributed by atoms with Gasteiger partial charge in [0.25, 0.3) is 0 Å². The second-order valence-electron chi connectivity index (χ2n) is 3.74. The van der Waals surface area contributed by atoms with E-state index >= 15 is 0 Å². The zero-order valence-corrected chi connectivity index (χ0v) is 10.8. The zero-order valence-electron chi connectivity index (χ0n) is 9.21. The van der Waals surface area contributed by atoms with Crippen molar-refractivity contribution >= 4 is 15.9 Å². The molecule has 1 aromatic carbocycles. The van der Waals surface area contributed by atoms with Gasteiger partial charge in [-0.3, -0.25) is 0 Å². The molecule has 0 bridgehead atoms. The van der Waals surface area contributed by atoms with Crippen LogP contribution in [0, 0.1) is 0 Å². The second kappa shape index (κ2) is 8.93. The van der Waals surface area contributed by atoms with Crippen LogP contribution in [0.1, 0.15) is 24.8 Å². The Bertz CT molecular complexity index is 236. The molecular formula is C13H20BrN. The van der Waals surface area contributed by atoms with Crippen molar-refractivity contribution in [2.45, 2.75) is 25.7 Å². The van der Waals surface area contributed by atoms with E-state index in [-0.39, 0.29) is 0 Å². The largest absolute Gasteiger partial charge is 0.316 e. The number of benzene rings is 1. The van der Waals surface area contributed by atoms with Gasteiger partial charge in [-0.05, 0) is 37.9 Å². The Morgan fingerprint density at radius 3 is 2.47 bits per heavy atom. The van der Waals surface area contributed by atoms with Crippen LogP contribution in [-0.2, 0) is 6.42 Å². The molecule has 0 heterocycles. The van der Waals surface area contributed by atoms with Crippen molar-refractivity contribution in [3.8, 4) is 0 Å². The third-order valence-corrected chi connectivity index (χ3v) is 2.98. The second-order valence-corrected chi connectivity index (χ2v) is 4.53. The fourth-order valence-corrected chi connectivity index (χ4v) is 1.92. The number of hydrogen-bond donors (Lipinski definition) is 1. The standard InChI is InChI=1S/C13H20BrN/c14-10-5-2-6-11-15-12-9-13-7-3-1-4-8-13/h1,3-4,7-8,15H,2,5-6,9-12H2. The van der Waals surface area contributed by atoms with Gasteiger partial charge < -0.3 is 5.32 Å². The highest BCUT2D eigenvalue weighted by Crippen LogP contribution is 1.99. The Morgan fingerprint density at radius 2 is 1.73 bits per heavy atom. The minimum Gasteiger partial charge on any atom is -0.316 e. The van der Waals surface area contributed by atoms with E-state index in [1.165, 1.54) is 24.8 Å². The Morgan fingerprint density at radius 1 is 0.933 bits per heavy atom. The van der Waals surface area contributed by atoms with Crippen LogP contribution < -0.4 is 5.32 Å². The summed E-state index contributed by atoms with van der Waals surface area (Å²) in [5.41, 5.74) is 1.42. The van der Waals surface area contributed by atoms with Crippen molar-refractivity contribution in [1.29, 1.82) is 0 Å². The minimum atomic E-state index is 1.10. The lowest BCUT2D eigenvalue weighted by molar-refractivity contribution is 0.619. The fraction of sp³-hybridized carbons (Fsp3) is 0.538. The first-order valence-electron chi connectivity index (χ1n) is 5.74. The van der Waals surface area contributed by atoms with E-state index in [9.17, 15) is 0 Å². The van der Waals surface area contributed by atoms with Crippen molar-refractivity contribution in [2.75, 3.05) is 18.4 Å². The SMILES string of the molecule is BrCCCCCNCCc1ccccc1. The van der Waals surface area contributed by atoms with Crippen molar-refractivity contribution in [1.82, 2.24) is 5.32 Å². The summed E-state index contributed by atoms with van der Waals surface area (Å²) in [6, 6.07) is 10.6. The third kappa shape index (κ3) is 6.69. The molecule has 0 spiro atoms. The van der Waals surface area contributed by atoms with Crippen LogP contribution in [0.3, 0.4) is 0 Å². The molecule has 0 aliphatic carbocycles. The molecule has 1 N–H and O–H groups in total. The van der Waals surface area contributed by atoms with Crippen LogP contribution in [-0.4, -0.2) is 18.4 Å². The molecule has 0 amide bonds. The first-order valence-corrected chi connectivity index (χ1v) is 6.86. The van der Waals surface area contributed by atoms with E-state index in [2.05, 4.69) is 51.6 Å². The van der Waals surface area contributed by atoms with Gasteiger partial charge in [-0.2, -0.15) is 0 Å². The summed E-state index contributed by atoms with van der Waals surface area (Å²) < 4.78 is 0. The average Bonchev–Trinajstić information content (AvgIpc) is 2.29. The van der Waals surface area contributed by atoms with Gasteiger partial charge in [0.15, 0.2) is 0 Å². The number of rotatable bonds is 8. The summed E-state index contributed by atoms with van der Waals surface area (Å²) in [7, 11) is 0. The van der Waals surface area contributed by atoms with Gasteiger partial charge in [0.1, 0.15) is 0 Å². The Labute approximate surface area is 101 Å². The van der Waals surface area contributed by atoms with Gasteiger partial charge in [-0.15, -0.1) is 0 Å². The number of hydrogen-bond acceptors (Lipinski definition) is 1. The molecule has 0 unspecified atom stereocenters. The highest BCUT2D eigenvalue weighted by atomic mass is 79.9. The normalized spacial score (nSPS) is 10.5. The molecule has 0 aromatic heterocycles. The van der Waals surface area contributed by atoms with E-state index in [1.54, 1.807) is 0 Å². The fourth-order valence-electron chi connectivity index (χ4n) is 1.52. The van der Waals surface area contributed by atoms with Crippen molar-refractivity contribution in [2.24, 2.45) is 0 Å². The first-order chi connectivity index (χ1) is 7.43. The molecule has 0 aliphatic rings. The zero-order chi connectivity index (χ0) is 10.8. The smallest absolute Gasteiger partial charge is 0.00313 e. The van der Waals surface area contributed by atoms with Crippen LogP contribution in [0.2, 0.25) is 0 Å². The maximum atomic E-state index is 3.48. The molecular weight excluding hydrogens is 250 g/mol. The van der Waals surface area contributed by atoms with Gasteiger partial charge in [0, 0.05) is 5.33 Å². The highest BCUT2D eigenvalue weighted by Gasteiger charge is 1.91. The topological polar surface area (TPSA) is 12.0 Å². The number of unbranched alkanes of at least 4 members (excludes halogenated alkanes) is 2.